The third-order valence-electron chi connectivity index (χ3n) is 4.14. The number of aromatic nitrogens is 1. The van der Waals surface area contributed by atoms with Gasteiger partial charge in [0.25, 0.3) is 5.91 Å². The zero-order chi connectivity index (χ0) is 20.4. The number of thiazole rings is 1. The minimum absolute atomic E-state index is 0.00665. The monoisotopic (exact) mass is 440 g/mol. The molecule has 5 nitrogen and oxygen atoms in total. The van der Waals surface area contributed by atoms with Crippen molar-refractivity contribution in [3.8, 4) is 0 Å². The van der Waals surface area contributed by atoms with Gasteiger partial charge in [-0.05, 0) is 30.7 Å². The highest BCUT2D eigenvalue weighted by molar-refractivity contribution is 7.16. The minimum Gasteiger partial charge on any atom is -0.467 e. The van der Waals surface area contributed by atoms with Crippen LogP contribution in [0.25, 0.3) is 10.2 Å². The fraction of sp³-hybridized carbons (Fsp3) is 0.211. The van der Waals surface area contributed by atoms with E-state index in [1.807, 2.05) is 31.2 Å². The van der Waals surface area contributed by atoms with Gasteiger partial charge in [0.1, 0.15) is 11.9 Å². The molecule has 3 aromatic rings. The molecule has 1 amide bonds. The number of benzene rings is 2. The highest BCUT2D eigenvalue weighted by atomic mass is 35.5. The Morgan fingerprint density at radius 2 is 1.96 bits per heavy atom. The highest BCUT2D eigenvalue weighted by Crippen LogP contribution is 2.26. The molecule has 0 aliphatic heterocycles. The lowest BCUT2D eigenvalue weighted by molar-refractivity contribution is -0.144. The Morgan fingerprint density at radius 3 is 2.64 bits per heavy atom. The van der Waals surface area contributed by atoms with Crippen LogP contribution in [0.3, 0.4) is 0 Å². The second kappa shape index (κ2) is 8.43. The first-order valence-electron chi connectivity index (χ1n) is 8.28. The fourth-order valence-corrected chi connectivity index (χ4v) is 4.33. The Balaban J connectivity index is 2.22. The number of fused-ring (bicyclic) bond motifs is 1. The van der Waals surface area contributed by atoms with E-state index in [9.17, 15) is 14.0 Å². The van der Waals surface area contributed by atoms with E-state index >= 15 is 0 Å². The van der Waals surface area contributed by atoms with Gasteiger partial charge < -0.3 is 9.30 Å². The van der Waals surface area contributed by atoms with Gasteiger partial charge >= 0.3 is 5.97 Å². The van der Waals surface area contributed by atoms with E-state index in [-0.39, 0.29) is 20.4 Å². The minimum atomic E-state index is -0.769. The summed E-state index contributed by atoms with van der Waals surface area (Å²) in [6, 6.07) is 8.81. The Bertz CT molecular complexity index is 1140. The van der Waals surface area contributed by atoms with Gasteiger partial charge in [-0.25, -0.2) is 9.18 Å². The number of esters is 1. The van der Waals surface area contributed by atoms with E-state index in [0.717, 1.165) is 22.3 Å². The molecule has 0 aliphatic rings. The first-order chi connectivity index (χ1) is 13.4. The van der Waals surface area contributed by atoms with Crippen LogP contribution in [0.1, 0.15) is 29.7 Å². The van der Waals surface area contributed by atoms with Crippen LogP contribution in [0.15, 0.2) is 41.4 Å². The van der Waals surface area contributed by atoms with Gasteiger partial charge in [-0.15, -0.1) is 0 Å². The second-order valence-corrected chi connectivity index (χ2v) is 7.66. The van der Waals surface area contributed by atoms with Crippen LogP contribution in [0.4, 0.5) is 4.39 Å². The Kier molecular flexibility index (Phi) is 6.17. The quantitative estimate of drug-likeness (QED) is 0.422. The van der Waals surface area contributed by atoms with E-state index < -0.39 is 23.7 Å². The number of para-hydroxylation sites is 1. The van der Waals surface area contributed by atoms with Crippen molar-refractivity contribution < 1.29 is 18.7 Å². The smallest absolute Gasteiger partial charge is 0.328 e. The number of carbonyl (C=O) groups is 2. The third kappa shape index (κ3) is 3.83. The van der Waals surface area contributed by atoms with Gasteiger partial charge in [-0.1, -0.05) is 53.6 Å². The topological polar surface area (TPSA) is 60.7 Å². The van der Waals surface area contributed by atoms with Crippen LogP contribution in [0.5, 0.6) is 0 Å². The maximum atomic E-state index is 13.8. The van der Waals surface area contributed by atoms with Crippen molar-refractivity contribution in [1.29, 1.82) is 0 Å². The van der Waals surface area contributed by atoms with Crippen molar-refractivity contribution in [3.63, 3.8) is 0 Å². The molecule has 9 heteroatoms. The average molecular weight is 441 g/mol. The molecular weight excluding hydrogens is 426 g/mol. The largest absolute Gasteiger partial charge is 0.467 e. The van der Waals surface area contributed by atoms with Gasteiger partial charge in [0, 0.05) is 0 Å². The number of carbonyl (C=O) groups excluding carboxylic acids is 2. The third-order valence-corrected chi connectivity index (χ3v) is 5.78. The van der Waals surface area contributed by atoms with Crippen LogP contribution >= 0.6 is 34.5 Å². The molecule has 1 heterocycles. The van der Waals surface area contributed by atoms with Crippen LogP contribution in [0.2, 0.25) is 10.0 Å². The molecule has 0 fully saturated rings. The van der Waals surface area contributed by atoms with E-state index in [2.05, 4.69) is 4.99 Å². The van der Waals surface area contributed by atoms with Crippen molar-refractivity contribution in [2.24, 2.45) is 4.99 Å². The summed E-state index contributed by atoms with van der Waals surface area (Å²) < 4.78 is 21.2. The molecule has 0 saturated heterocycles. The summed E-state index contributed by atoms with van der Waals surface area (Å²) in [6.45, 7) is 1.83. The number of ether oxygens (including phenoxy) is 1. The van der Waals surface area contributed by atoms with Gasteiger partial charge in [-0.3, -0.25) is 4.79 Å². The molecule has 2 aromatic carbocycles. The van der Waals surface area contributed by atoms with E-state index in [0.29, 0.717) is 6.42 Å². The maximum absolute atomic E-state index is 13.8. The summed E-state index contributed by atoms with van der Waals surface area (Å²) in [6.07, 6.45) is 0.436. The predicted molar refractivity (Wildman–Crippen MR) is 107 cm³/mol. The number of hydrogen-bond acceptors (Lipinski definition) is 4. The number of nitrogens with zero attached hydrogens (tertiary/aromatic N) is 2. The molecule has 0 saturated carbocycles. The molecule has 3 rings (SSSR count). The lowest BCUT2D eigenvalue weighted by Crippen LogP contribution is -2.28. The van der Waals surface area contributed by atoms with Crippen LogP contribution in [-0.2, 0) is 9.53 Å². The molecule has 1 aromatic heterocycles. The molecule has 0 radical (unpaired) electrons. The zero-order valence-corrected chi connectivity index (χ0v) is 17.2. The van der Waals surface area contributed by atoms with Gasteiger partial charge in [-0.2, -0.15) is 4.99 Å². The van der Waals surface area contributed by atoms with E-state index in [4.69, 9.17) is 27.9 Å². The number of amides is 1. The SMILES string of the molecule is CCC(C(=O)OC)n1c(=NC(=O)c2cc(F)c(Cl)cc2Cl)sc2ccccc21. The van der Waals surface area contributed by atoms with Gasteiger partial charge in [0.05, 0.1) is 32.9 Å². The molecule has 0 aliphatic carbocycles. The van der Waals surface area contributed by atoms with Crippen LogP contribution in [-0.4, -0.2) is 23.6 Å². The lowest BCUT2D eigenvalue weighted by Gasteiger charge is -2.15. The highest BCUT2D eigenvalue weighted by Gasteiger charge is 2.23. The van der Waals surface area contributed by atoms with Crippen LogP contribution < -0.4 is 4.80 Å². The molecule has 0 N–H and O–H groups in total. The Hall–Kier alpha value is -2.22. The summed E-state index contributed by atoms with van der Waals surface area (Å²) >= 11 is 13.0. The van der Waals surface area contributed by atoms with Crippen molar-refractivity contribution in [3.05, 3.63) is 62.6 Å². The lowest BCUT2D eigenvalue weighted by atomic mass is 10.2. The zero-order valence-electron chi connectivity index (χ0n) is 14.9. The molecular formula is C19H15Cl2FN2O3S. The molecule has 1 atom stereocenters. The van der Waals surface area contributed by atoms with Crippen LogP contribution in [0, 0.1) is 5.82 Å². The summed E-state index contributed by atoms with van der Waals surface area (Å²) in [5, 5.41) is -0.192. The van der Waals surface area contributed by atoms with Crippen molar-refractivity contribution in [2.45, 2.75) is 19.4 Å². The van der Waals surface area contributed by atoms with Crippen molar-refractivity contribution >= 4 is 56.6 Å². The summed E-state index contributed by atoms with van der Waals surface area (Å²) in [4.78, 5) is 29.4. The number of methoxy groups -OCH3 is 1. The Labute approximate surface area is 174 Å². The maximum Gasteiger partial charge on any atom is 0.328 e. The summed E-state index contributed by atoms with van der Waals surface area (Å²) in [5.41, 5.74) is 0.628. The summed E-state index contributed by atoms with van der Waals surface area (Å²) in [5.74, 6) is -1.95. The van der Waals surface area contributed by atoms with Gasteiger partial charge in [0.15, 0.2) is 4.80 Å². The molecule has 0 spiro atoms. The predicted octanol–water partition coefficient (Wildman–Crippen LogP) is 5.01. The first kappa shape index (κ1) is 20.5. The molecule has 28 heavy (non-hydrogen) atoms. The second-order valence-electron chi connectivity index (χ2n) is 5.83. The molecule has 0 bridgehead atoms. The number of hydrogen-bond donors (Lipinski definition) is 0. The van der Waals surface area contributed by atoms with Crippen molar-refractivity contribution in [2.75, 3.05) is 7.11 Å². The molecule has 1 unspecified atom stereocenters. The Morgan fingerprint density at radius 1 is 1.25 bits per heavy atom. The van der Waals surface area contributed by atoms with E-state index in [1.54, 1.807) is 4.57 Å². The standard InChI is InChI=1S/C19H15Cl2FN2O3S/c1-3-14(18(26)27-2)24-15-6-4-5-7-16(15)28-19(24)23-17(25)10-8-13(22)12(21)9-11(10)20/h4-9,14H,3H2,1-2H3. The van der Waals surface area contributed by atoms with Crippen molar-refractivity contribution in [1.82, 2.24) is 4.57 Å². The molecule has 146 valence electrons. The van der Waals surface area contributed by atoms with E-state index in [1.165, 1.54) is 18.4 Å². The summed E-state index contributed by atoms with van der Waals surface area (Å²) in [7, 11) is 1.30. The van der Waals surface area contributed by atoms with Gasteiger partial charge in [0.2, 0.25) is 0 Å². The normalized spacial score (nSPS) is 13.0. The fourth-order valence-electron chi connectivity index (χ4n) is 2.80. The number of rotatable bonds is 4. The first-order valence-corrected chi connectivity index (χ1v) is 9.86. The average Bonchev–Trinajstić information content (AvgIpc) is 3.03. The number of halogens is 3.